The summed E-state index contributed by atoms with van der Waals surface area (Å²) in [6, 6.07) is 0. The van der Waals surface area contributed by atoms with Gasteiger partial charge >= 0.3 is 11.9 Å². The fourth-order valence-electron chi connectivity index (χ4n) is 2.32. The van der Waals surface area contributed by atoms with Crippen LogP contribution in [0.15, 0.2) is 0 Å². The first-order valence-electron chi connectivity index (χ1n) is 6.24. The van der Waals surface area contributed by atoms with Gasteiger partial charge in [0.2, 0.25) is 0 Å². The lowest BCUT2D eigenvalue weighted by Gasteiger charge is -2.22. The Kier molecular flexibility index (Phi) is 4.19. The van der Waals surface area contributed by atoms with E-state index in [2.05, 4.69) is 0 Å². The van der Waals surface area contributed by atoms with Crippen molar-refractivity contribution in [3.05, 3.63) is 0 Å². The summed E-state index contributed by atoms with van der Waals surface area (Å²) in [6.45, 7) is 1.28. The molecule has 18 heavy (non-hydrogen) atoms. The summed E-state index contributed by atoms with van der Waals surface area (Å²) in [5.41, 5.74) is 0. The van der Waals surface area contributed by atoms with Crippen molar-refractivity contribution in [1.82, 2.24) is 0 Å². The Bertz CT molecular complexity index is 321. The Morgan fingerprint density at radius 3 is 2.11 bits per heavy atom. The second-order valence-electron chi connectivity index (χ2n) is 5.02. The molecule has 0 radical (unpaired) electrons. The van der Waals surface area contributed by atoms with Gasteiger partial charge in [-0.3, -0.25) is 9.59 Å². The van der Waals surface area contributed by atoms with Crippen LogP contribution in [0.5, 0.6) is 0 Å². The van der Waals surface area contributed by atoms with Gasteiger partial charge in [0.25, 0.3) is 0 Å². The van der Waals surface area contributed by atoms with Gasteiger partial charge in [-0.1, -0.05) is 0 Å². The van der Waals surface area contributed by atoms with Gasteiger partial charge < -0.3 is 19.7 Å². The molecule has 0 aromatic rings. The van der Waals surface area contributed by atoms with Gasteiger partial charge in [-0.15, -0.1) is 0 Å². The number of epoxide rings is 2. The largest absolute Gasteiger partial charge is 0.481 e. The maximum absolute atomic E-state index is 11.3. The average Bonchev–Trinajstić information content (AvgIpc) is 3.14. The van der Waals surface area contributed by atoms with Crippen molar-refractivity contribution < 1.29 is 29.3 Å². The third kappa shape index (κ3) is 4.27. The van der Waals surface area contributed by atoms with Gasteiger partial charge in [0.15, 0.2) is 0 Å². The molecule has 2 rings (SSSR count). The average molecular weight is 258 g/mol. The summed E-state index contributed by atoms with van der Waals surface area (Å²) >= 11 is 0. The molecule has 6 nitrogen and oxygen atoms in total. The topological polar surface area (TPSA) is 99.7 Å². The van der Waals surface area contributed by atoms with Crippen molar-refractivity contribution in [2.75, 3.05) is 13.2 Å². The summed E-state index contributed by atoms with van der Waals surface area (Å²) in [5.74, 6) is -2.42. The van der Waals surface area contributed by atoms with E-state index in [1.54, 1.807) is 0 Å². The van der Waals surface area contributed by atoms with E-state index in [0.717, 1.165) is 0 Å². The van der Waals surface area contributed by atoms with Crippen LogP contribution in [0.25, 0.3) is 0 Å². The molecule has 2 aliphatic rings. The molecule has 4 unspecified atom stereocenters. The number of carboxylic acids is 2. The third-order valence-corrected chi connectivity index (χ3v) is 3.50. The van der Waals surface area contributed by atoms with Crippen molar-refractivity contribution in [1.29, 1.82) is 0 Å². The predicted octanol–water partition coefficient (Wildman–Crippen LogP) is 0.746. The van der Waals surface area contributed by atoms with Gasteiger partial charge in [-0.2, -0.15) is 0 Å². The Morgan fingerprint density at radius 1 is 1.11 bits per heavy atom. The number of carboxylic acid groups (broad SMARTS) is 2. The number of aliphatic carboxylic acids is 2. The van der Waals surface area contributed by atoms with E-state index in [0.29, 0.717) is 32.5 Å². The highest BCUT2D eigenvalue weighted by Crippen LogP contribution is 2.33. The van der Waals surface area contributed by atoms with E-state index in [1.807, 2.05) is 0 Å². The van der Waals surface area contributed by atoms with Gasteiger partial charge in [-0.05, 0) is 25.2 Å². The monoisotopic (exact) mass is 258 g/mol. The second kappa shape index (κ2) is 5.67. The second-order valence-corrected chi connectivity index (χ2v) is 5.02. The molecule has 2 N–H and O–H groups in total. The smallest absolute Gasteiger partial charge is 0.306 e. The quantitative estimate of drug-likeness (QED) is 0.592. The Balaban J connectivity index is 1.92. The number of hydrogen-bond acceptors (Lipinski definition) is 4. The third-order valence-electron chi connectivity index (χ3n) is 3.50. The van der Waals surface area contributed by atoms with Crippen molar-refractivity contribution >= 4 is 11.9 Å². The highest BCUT2D eigenvalue weighted by Gasteiger charge is 2.38. The molecule has 2 fully saturated rings. The van der Waals surface area contributed by atoms with Crippen LogP contribution in [0.3, 0.4) is 0 Å². The minimum absolute atomic E-state index is 0.00664. The van der Waals surface area contributed by atoms with Crippen LogP contribution >= 0.6 is 0 Å². The SMILES string of the molecule is O=C(O)CCC(CC1CO1)C(CC1CO1)C(=O)O. The van der Waals surface area contributed by atoms with Gasteiger partial charge in [0.1, 0.15) is 0 Å². The molecule has 2 aliphatic heterocycles. The first kappa shape index (κ1) is 13.3. The van der Waals surface area contributed by atoms with Gasteiger partial charge in [0, 0.05) is 6.42 Å². The Labute approximate surface area is 105 Å². The van der Waals surface area contributed by atoms with Crippen LogP contribution in [0, 0.1) is 11.8 Å². The van der Waals surface area contributed by atoms with E-state index in [1.165, 1.54) is 0 Å². The minimum Gasteiger partial charge on any atom is -0.481 e. The summed E-state index contributed by atoms with van der Waals surface area (Å²) in [4.78, 5) is 21.9. The number of rotatable bonds is 9. The highest BCUT2D eigenvalue weighted by molar-refractivity contribution is 5.71. The van der Waals surface area contributed by atoms with Crippen molar-refractivity contribution in [3.8, 4) is 0 Å². The standard InChI is InChI=1S/C12H18O6/c13-11(14)2-1-7(3-8-5-17-8)10(12(15)16)4-9-6-18-9/h7-10H,1-6H2,(H,13,14)(H,15,16). The predicted molar refractivity (Wildman–Crippen MR) is 60.2 cm³/mol. The van der Waals surface area contributed by atoms with E-state index in [9.17, 15) is 14.7 Å². The molecular formula is C12H18O6. The van der Waals surface area contributed by atoms with Crippen LogP contribution in [0.4, 0.5) is 0 Å². The van der Waals surface area contributed by atoms with Gasteiger partial charge in [0.05, 0.1) is 31.3 Å². The first-order valence-corrected chi connectivity index (χ1v) is 6.24. The number of ether oxygens (including phenoxy) is 2. The zero-order chi connectivity index (χ0) is 13.1. The normalized spacial score (nSPS) is 28.4. The van der Waals surface area contributed by atoms with Crippen LogP contribution in [0.1, 0.15) is 25.7 Å². The summed E-state index contributed by atoms with van der Waals surface area (Å²) < 4.78 is 10.2. The zero-order valence-electron chi connectivity index (χ0n) is 10.1. The van der Waals surface area contributed by atoms with Crippen molar-refractivity contribution in [2.24, 2.45) is 11.8 Å². The lowest BCUT2D eigenvalue weighted by Crippen LogP contribution is -2.27. The summed E-state index contributed by atoms with van der Waals surface area (Å²) in [5, 5.41) is 18.0. The minimum atomic E-state index is -0.886. The molecule has 0 saturated carbocycles. The summed E-state index contributed by atoms with van der Waals surface area (Å²) in [7, 11) is 0. The molecule has 4 atom stereocenters. The molecule has 0 spiro atoms. The molecule has 0 amide bonds. The molecule has 0 aliphatic carbocycles. The Hall–Kier alpha value is -1.14. The zero-order valence-corrected chi connectivity index (χ0v) is 10.1. The maximum Gasteiger partial charge on any atom is 0.306 e. The molecule has 2 saturated heterocycles. The molecule has 0 aromatic heterocycles. The summed E-state index contributed by atoms with van der Waals surface area (Å²) in [6.07, 6.45) is 1.67. The van der Waals surface area contributed by atoms with Crippen LogP contribution in [-0.4, -0.2) is 47.6 Å². The fraction of sp³-hybridized carbons (Fsp3) is 0.833. The number of hydrogen-bond donors (Lipinski definition) is 2. The van der Waals surface area contributed by atoms with E-state index in [4.69, 9.17) is 14.6 Å². The number of carbonyl (C=O) groups is 2. The molecule has 102 valence electrons. The highest BCUT2D eigenvalue weighted by atomic mass is 16.6. The van der Waals surface area contributed by atoms with Crippen LogP contribution < -0.4 is 0 Å². The maximum atomic E-state index is 11.3. The molecule has 0 aromatic carbocycles. The molecular weight excluding hydrogens is 240 g/mol. The van der Waals surface area contributed by atoms with Crippen LogP contribution in [-0.2, 0) is 19.1 Å². The van der Waals surface area contributed by atoms with E-state index in [-0.39, 0.29) is 24.5 Å². The molecule has 6 heteroatoms. The first-order chi connectivity index (χ1) is 8.56. The Morgan fingerprint density at radius 2 is 1.67 bits per heavy atom. The molecule has 2 heterocycles. The van der Waals surface area contributed by atoms with Crippen molar-refractivity contribution in [2.45, 2.75) is 37.9 Å². The van der Waals surface area contributed by atoms with Crippen molar-refractivity contribution in [3.63, 3.8) is 0 Å². The van der Waals surface area contributed by atoms with E-state index < -0.39 is 17.9 Å². The van der Waals surface area contributed by atoms with Crippen LogP contribution in [0.2, 0.25) is 0 Å². The lowest BCUT2D eigenvalue weighted by molar-refractivity contribution is -0.145. The lowest BCUT2D eigenvalue weighted by atomic mass is 9.82. The fourth-order valence-corrected chi connectivity index (χ4v) is 2.32. The van der Waals surface area contributed by atoms with Gasteiger partial charge in [-0.25, -0.2) is 0 Å². The molecule has 0 bridgehead atoms. The van der Waals surface area contributed by atoms with E-state index >= 15 is 0 Å².